The van der Waals surface area contributed by atoms with Gasteiger partial charge in [-0.05, 0) is 37.6 Å². The van der Waals surface area contributed by atoms with Crippen molar-refractivity contribution in [3.8, 4) is 0 Å². The van der Waals surface area contributed by atoms with Gasteiger partial charge in [-0.15, -0.1) is 6.58 Å². The van der Waals surface area contributed by atoms with Gasteiger partial charge in [-0.25, -0.2) is 4.79 Å². The number of hydrogen-bond donors (Lipinski definition) is 0. The monoisotopic (exact) mass is 235 g/mol. The average Bonchev–Trinajstić information content (AvgIpc) is 2.37. The number of likely N-dealkylation sites (tertiary alicyclic amines) is 1. The Morgan fingerprint density at radius 3 is 3.18 bits per heavy atom. The third-order valence-electron chi connectivity index (χ3n) is 3.93. The Labute approximate surface area is 103 Å². The maximum Gasteiger partial charge on any atom is 0.333 e. The predicted octanol–water partition coefficient (Wildman–Crippen LogP) is 2.00. The normalized spacial score (nSPS) is 29.1. The molecule has 0 saturated carbocycles. The van der Waals surface area contributed by atoms with E-state index in [1.807, 2.05) is 6.08 Å². The van der Waals surface area contributed by atoms with Crippen molar-refractivity contribution in [3.05, 3.63) is 24.3 Å². The number of ether oxygens (including phenoxy) is 1. The summed E-state index contributed by atoms with van der Waals surface area (Å²) in [6.45, 7) is 6.89. The van der Waals surface area contributed by atoms with Crippen molar-refractivity contribution >= 4 is 5.97 Å². The maximum atomic E-state index is 11.7. The molecule has 1 aliphatic heterocycles. The van der Waals surface area contributed by atoms with Crippen LogP contribution in [0.5, 0.6) is 0 Å². The highest BCUT2D eigenvalue weighted by molar-refractivity contribution is 5.89. The van der Waals surface area contributed by atoms with Gasteiger partial charge in [-0.3, -0.25) is 4.90 Å². The summed E-state index contributed by atoms with van der Waals surface area (Å²) in [7, 11) is 1.47. The minimum Gasteiger partial charge on any atom is -0.466 e. The molecular weight excluding hydrogens is 214 g/mol. The topological polar surface area (TPSA) is 29.5 Å². The van der Waals surface area contributed by atoms with E-state index in [0.717, 1.165) is 38.0 Å². The van der Waals surface area contributed by atoms with Gasteiger partial charge in [-0.2, -0.15) is 0 Å². The van der Waals surface area contributed by atoms with Gasteiger partial charge in [0.1, 0.15) is 0 Å². The lowest BCUT2D eigenvalue weighted by Gasteiger charge is -2.40. The Morgan fingerprint density at radius 1 is 1.65 bits per heavy atom. The highest BCUT2D eigenvalue weighted by Gasteiger charge is 2.35. The van der Waals surface area contributed by atoms with Crippen molar-refractivity contribution in [2.75, 3.05) is 26.7 Å². The molecule has 1 heterocycles. The van der Waals surface area contributed by atoms with Crippen LogP contribution in [0.4, 0.5) is 0 Å². The third-order valence-corrected chi connectivity index (χ3v) is 3.93. The number of carbonyl (C=O) groups is 1. The fourth-order valence-electron chi connectivity index (χ4n) is 3.11. The first-order valence-electron chi connectivity index (χ1n) is 6.38. The largest absolute Gasteiger partial charge is 0.466 e. The maximum absolute atomic E-state index is 11.7. The predicted molar refractivity (Wildman–Crippen MR) is 67.6 cm³/mol. The number of nitrogens with zero attached hydrogens (tertiary/aromatic N) is 1. The molecule has 1 fully saturated rings. The molecule has 2 rings (SSSR count). The summed E-state index contributed by atoms with van der Waals surface area (Å²) in [5.41, 5.74) is 0.919. The van der Waals surface area contributed by atoms with Crippen LogP contribution in [0.3, 0.4) is 0 Å². The molecule has 3 heteroatoms. The molecule has 17 heavy (non-hydrogen) atoms. The van der Waals surface area contributed by atoms with E-state index in [-0.39, 0.29) is 5.97 Å². The molecule has 0 N–H and O–H groups in total. The van der Waals surface area contributed by atoms with Crippen molar-refractivity contribution < 1.29 is 9.53 Å². The molecule has 0 aromatic heterocycles. The number of fused-ring (bicyclic) bond motifs is 1. The zero-order valence-corrected chi connectivity index (χ0v) is 10.5. The highest BCUT2D eigenvalue weighted by Crippen LogP contribution is 2.37. The van der Waals surface area contributed by atoms with Crippen LogP contribution in [-0.2, 0) is 9.53 Å². The van der Waals surface area contributed by atoms with E-state index in [1.54, 1.807) is 0 Å². The Morgan fingerprint density at radius 2 is 2.47 bits per heavy atom. The Bertz CT molecular complexity index is 335. The molecule has 1 aliphatic carbocycles. The zero-order chi connectivity index (χ0) is 12.3. The standard InChI is InChI=1S/C14H21NO2/c1-3-8-15-9-7-12-11(10-15)5-4-6-13(12)14(16)17-2/h3,6,11-12H,1,4-5,7-10H2,2H3/t11-,12-/m0/s1. The number of allylic oxidation sites excluding steroid dienone is 1. The number of carbonyl (C=O) groups excluding carboxylic acids is 1. The molecule has 3 nitrogen and oxygen atoms in total. The zero-order valence-electron chi connectivity index (χ0n) is 10.5. The van der Waals surface area contributed by atoms with Crippen LogP contribution in [-0.4, -0.2) is 37.6 Å². The van der Waals surface area contributed by atoms with Crippen LogP contribution >= 0.6 is 0 Å². The molecular formula is C14H21NO2. The minimum atomic E-state index is -0.128. The number of esters is 1. The number of hydrogen-bond acceptors (Lipinski definition) is 3. The van der Waals surface area contributed by atoms with Crippen LogP contribution in [0.1, 0.15) is 19.3 Å². The molecule has 2 atom stereocenters. The summed E-state index contributed by atoms with van der Waals surface area (Å²) < 4.78 is 4.88. The molecule has 0 radical (unpaired) electrons. The summed E-state index contributed by atoms with van der Waals surface area (Å²) >= 11 is 0. The van der Waals surface area contributed by atoms with Gasteiger partial charge in [0.15, 0.2) is 0 Å². The van der Waals surface area contributed by atoms with E-state index >= 15 is 0 Å². The fourth-order valence-corrected chi connectivity index (χ4v) is 3.11. The lowest BCUT2D eigenvalue weighted by molar-refractivity contribution is -0.137. The van der Waals surface area contributed by atoms with Crippen molar-refractivity contribution in [3.63, 3.8) is 0 Å². The first-order chi connectivity index (χ1) is 8.26. The van der Waals surface area contributed by atoms with E-state index in [4.69, 9.17) is 4.74 Å². The highest BCUT2D eigenvalue weighted by atomic mass is 16.5. The summed E-state index contributed by atoms with van der Waals surface area (Å²) in [6, 6.07) is 0. The smallest absolute Gasteiger partial charge is 0.333 e. The van der Waals surface area contributed by atoms with Gasteiger partial charge in [-0.1, -0.05) is 12.2 Å². The fraction of sp³-hybridized carbons (Fsp3) is 0.643. The van der Waals surface area contributed by atoms with Crippen LogP contribution in [0, 0.1) is 11.8 Å². The molecule has 0 unspecified atom stereocenters. The quantitative estimate of drug-likeness (QED) is 0.553. The first-order valence-corrected chi connectivity index (χ1v) is 6.38. The van der Waals surface area contributed by atoms with E-state index in [0.29, 0.717) is 11.8 Å². The Balaban J connectivity index is 2.05. The Hall–Kier alpha value is -1.09. The van der Waals surface area contributed by atoms with Crippen LogP contribution in [0.2, 0.25) is 0 Å². The van der Waals surface area contributed by atoms with E-state index in [1.165, 1.54) is 13.5 Å². The summed E-state index contributed by atoms with van der Waals surface area (Å²) in [6.07, 6.45) is 7.31. The van der Waals surface area contributed by atoms with Gasteiger partial charge in [0.2, 0.25) is 0 Å². The van der Waals surface area contributed by atoms with E-state index < -0.39 is 0 Å². The summed E-state index contributed by atoms with van der Waals surface area (Å²) in [4.78, 5) is 14.1. The van der Waals surface area contributed by atoms with Crippen molar-refractivity contribution in [1.82, 2.24) is 4.90 Å². The lowest BCUT2D eigenvalue weighted by atomic mass is 9.74. The molecule has 0 aromatic rings. The number of piperidine rings is 1. The molecule has 2 aliphatic rings. The van der Waals surface area contributed by atoms with E-state index in [9.17, 15) is 4.79 Å². The molecule has 94 valence electrons. The second-order valence-corrected chi connectivity index (χ2v) is 4.93. The summed E-state index contributed by atoms with van der Waals surface area (Å²) in [5, 5.41) is 0. The van der Waals surface area contributed by atoms with Gasteiger partial charge >= 0.3 is 5.97 Å². The number of rotatable bonds is 3. The molecule has 0 bridgehead atoms. The SMILES string of the molecule is C=CCN1CC[C@@H]2C(C(=O)OC)=CCC[C@H]2C1. The van der Waals surface area contributed by atoms with E-state index in [2.05, 4.69) is 17.6 Å². The molecule has 0 aromatic carbocycles. The first kappa shape index (κ1) is 12.4. The third kappa shape index (κ3) is 2.60. The average molecular weight is 235 g/mol. The number of methoxy groups -OCH3 is 1. The van der Waals surface area contributed by atoms with Gasteiger partial charge < -0.3 is 4.74 Å². The molecule has 0 spiro atoms. The second kappa shape index (κ2) is 5.50. The summed E-state index contributed by atoms with van der Waals surface area (Å²) in [5.74, 6) is 0.900. The van der Waals surface area contributed by atoms with Crippen LogP contribution < -0.4 is 0 Å². The lowest BCUT2D eigenvalue weighted by Crippen LogP contribution is -2.43. The Kier molecular flexibility index (Phi) is 4.00. The van der Waals surface area contributed by atoms with Crippen molar-refractivity contribution in [2.45, 2.75) is 19.3 Å². The van der Waals surface area contributed by atoms with Crippen LogP contribution in [0.25, 0.3) is 0 Å². The minimum absolute atomic E-state index is 0.128. The van der Waals surface area contributed by atoms with Crippen LogP contribution in [0.15, 0.2) is 24.3 Å². The van der Waals surface area contributed by atoms with Gasteiger partial charge in [0, 0.05) is 18.7 Å². The second-order valence-electron chi connectivity index (χ2n) is 4.93. The van der Waals surface area contributed by atoms with Gasteiger partial charge in [0.25, 0.3) is 0 Å². The molecule has 1 saturated heterocycles. The molecule has 0 amide bonds. The van der Waals surface area contributed by atoms with Gasteiger partial charge in [0.05, 0.1) is 7.11 Å². The van der Waals surface area contributed by atoms with Crippen molar-refractivity contribution in [2.24, 2.45) is 11.8 Å². The van der Waals surface area contributed by atoms with Crippen molar-refractivity contribution in [1.29, 1.82) is 0 Å².